The highest BCUT2D eigenvalue weighted by molar-refractivity contribution is 7.92. The van der Waals surface area contributed by atoms with Crippen molar-refractivity contribution in [1.29, 1.82) is 0 Å². The lowest BCUT2D eigenvalue weighted by Gasteiger charge is -2.35. The molecule has 1 saturated carbocycles. The summed E-state index contributed by atoms with van der Waals surface area (Å²) < 4.78 is 26.7. The molecule has 0 heterocycles. The molecule has 0 aromatic heterocycles. The Hall–Kier alpha value is -3.67. The van der Waals surface area contributed by atoms with E-state index in [1.807, 2.05) is 30.3 Å². The molecular formula is C31H34Cl2N4O6S. The minimum absolute atomic E-state index is 0.0389. The first-order chi connectivity index (χ1) is 20.9. The van der Waals surface area contributed by atoms with Crippen molar-refractivity contribution in [3.05, 3.63) is 104 Å². The quantitative estimate of drug-likeness (QED) is 0.194. The van der Waals surface area contributed by atoms with Crippen LogP contribution in [0.4, 0.5) is 11.4 Å². The highest BCUT2D eigenvalue weighted by atomic mass is 35.5. The van der Waals surface area contributed by atoms with Crippen molar-refractivity contribution in [1.82, 2.24) is 10.2 Å². The molecule has 0 saturated heterocycles. The fourth-order valence-corrected chi connectivity index (χ4v) is 6.62. The van der Waals surface area contributed by atoms with Crippen molar-refractivity contribution >= 4 is 56.4 Å². The van der Waals surface area contributed by atoms with Gasteiger partial charge in [-0.15, -0.1) is 0 Å². The molecule has 1 aliphatic carbocycles. The van der Waals surface area contributed by atoms with E-state index in [9.17, 15) is 28.1 Å². The Bertz CT molecular complexity index is 1600. The molecule has 234 valence electrons. The van der Waals surface area contributed by atoms with E-state index < -0.39 is 33.4 Å². The van der Waals surface area contributed by atoms with Crippen LogP contribution < -0.4 is 9.62 Å². The largest absolute Gasteiger partial charge is 0.352 e. The maximum absolute atomic E-state index is 14.2. The fourth-order valence-electron chi connectivity index (χ4n) is 5.31. The number of rotatable bonds is 12. The van der Waals surface area contributed by atoms with Gasteiger partial charge in [-0.25, -0.2) is 8.42 Å². The van der Waals surface area contributed by atoms with Crippen LogP contribution in [0.25, 0.3) is 0 Å². The van der Waals surface area contributed by atoms with Crippen LogP contribution in [0.5, 0.6) is 0 Å². The molecule has 0 radical (unpaired) electrons. The Morgan fingerprint density at radius 3 is 2.34 bits per heavy atom. The lowest BCUT2D eigenvalue weighted by molar-refractivity contribution is -0.384. The number of non-ortho nitro benzene ring substituents is 1. The van der Waals surface area contributed by atoms with Gasteiger partial charge in [0, 0.05) is 41.2 Å². The number of hydrogen-bond acceptors (Lipinski definition) is 6. The molecule has 1 aliphatic rings. The number of anilines is 1. The average molecular weight is 662 g/mol. The summed E-state index contributed by atoms with van der Waals surface area (Å²) in [7, 11) is -4.08. The number of nitro groups is 1. The fraction of sp³-hybridized carbons (Fsp3) is 0.355. The van der Waals surface area contributed by atoms with E-state index in [0.717, 1.165) is 54.3 Å². The van der Waals surface area contributed by atoms with Gasteiger partial charge in [0.05, 0.1) is 16.9 Å². The van der Waals surface area contributed by atoms with Crippen LogP contribution in [0, 0.1) is 10.1 Å². The van der Waals surface area contributed by atoms with Gasteiger partial charge in [0.2, 0.25) is 21.8 Å². The molecule has 1 N–H and O–H groups in total. The van der Waals surface area contributed by atoms with Gasteiger partial charge in [0.15, 0.2) is 0 Å². The predicted octanol–water partition coefficient (Wildman–Crippen LogP) is 5.76. The number of nitrogens with zero attached hydrogens (tertiary/aromatic N) is 3. The Kier molecular flexibility index (Phi) is 11.2. The number of carbonyl (C=O) groups is 2. The van der Waals surface area contributed by atoms with E-state index in [1.54, 1.807) is 12.1 Å². The van der Waals surface area contributed by atoms with Crippen molar-refractivity contribution in [2.45, 2.75) is 57.2 Å². The normalized spacial score (nSPS) is 14.4. The summed E-state index contributed by atoms with van der Waals surface area (Å²) >= 11 is 12.6. The van der Waals surface area contributed by atoms with Crippen LogP contribution in [-0.4, -0.2) is 54.9 Å². The van der Waals surface area contributed by atoms with E-state index in [1.165, 1.54) is 29.2 Å². The van der Waals surface area contributed by atoms with E-state index in [0.29, 0.717) is 10.6 Å². The van der Waals surface area contributed by atoms with Gasteiger partial charge in [-0.05, 0) is 42.2 Å². The highest BCUT2D eigenvalue weighted by Crippen LogP contribution is 2.27. The molecule has 13 heteroatoms. The van der Waals surface area contributed by atoms with Crippen molar-refractivity contribution in [2.75, 3.05) is 17.1 Å². The van der Waals surface area contributed by atoms with Crippen molar-refractivity contribution < 1.29 is 22.9 Å². The lowest BCUT2D eigenvalue weighted by atomic mass is 9.94. The Morgan fingerprint density at radius 2 is 1.70 bits per heavy atom. The number of nitrogens with one attached hydrogen (secondary N) is 1. The summed E-state index contributed by atoms with van der Waals surface area (Å²) in [5.74, 6) is -1.05. The summed E-state index contributed by atoms with van der Waals surface area (Å²) in [5.41, 5.74) is 0.928. The zero-order valence-corrected chi connectivity index (χ0v) is 26.5. The van der Waals surface area contributed by atoms with Crippen molar-refractivity contribution in [3.63, 3.8) is 0 Å². The van der Waals surface area contributed by atoms with Gasteiger partial charge in [0.1, 0.15) is 12.6 Å². The number of halogens is 2. The minimum Gasteiger partial charge on any atom is -0.352 e. The number of sulfonamides is 1. The summed E-state index contributed by atoms with van der Waals surface area (Å²) in [6.07, 6.45) is 5.81. The molecule has 0 bridgehead atoms. The van der Waals surface area contributed by atoms with Crippen LogP contribution in [0.1, 0.15) is 43.2 Å². The molecule has 3 aromatic carbocycles. The summed E-state index contributed by atoms with van der Waals surface area (Å²) in [5, 5.41) is 15.2. The summed E-state index contributed by atoms with van der Waals surface area (Å²) in [6, 6.07) is 18.0. The molecule has 44 heavy (non-hydrogen) atoms. The van der Waals surface area contributed by atoms with Gasteiger partial charge in [-0.3, -0.25) is 24.0 Å². The lowest BCUT2D eigenvalue weighted by Crippen LogP contribution is -2.55. The smallest absolute Gasteiger partial charge is 0.271 e. The van der Waals surface area contributed by atoms with Crippen molar-refractivity contribution in [2.24, 2.45) is 0 Å². The molecule has 1 fully saturated rings. The van der Waals surface area contributed by atoms with Crippen LogP contribution in [0.3, 0.4) is 0 Å². The molecule has 0 spiro atoms. The minimum atomic E-state index is -4.08. The maximum Gasteiger partial charge on any atom is 0.271 e. The maximum atomic E-state index is 14.2. The molecule has 0 aliphatic heterocycles. The second kappa shape index (κ2) is 14.9. The predicted molar refractivity (Wildman–Crippen MR) is 171 cm³/mol. The first-order valence-corrected chi connectivity index (χ1v) is 16.8. The van der Waals surface area contributed by atoms with Crippen LogP contribution >= 0.6 is 23.2 Å². The van der Waals surface area contributed by atoms with E-state index >= 15 is 0 Å². The van der Waals surface area contributed by atoms with E-state index in [4.69, 9.17) is 23.2 Å². The Morgan fingerprint density at radius 1 is 1.00 bits per heavy atom. The van der Waals surface area contributed by atoms with Gasteiger partial charge < -0.3 is 10.2 Å². The van der Waals surface area contributed by atoms with Crippen molar-refractivity contribution in [3.8, 4) is 0 Å². The molecule has 1 atom stereocenters. The van der Waals surface area contributed by atoms with Gasteiger partial charge in [0.25, 0.3) is 5.69 Å². The number of amides is 2. The summed E-state index contributed by atoms with van der Waals surface area (Å²) in [4.78, 5) is 40.3. The molecular weight excluding hydrogens is 627 g/mol. The third-order valence-corrected chi connectivity index (χ3v) is 9.31. The highest BCUT2D eigenvalue weighted by Gasteiger charge is 2.34. The number of nitro benzene ring substituents is 1. The Labute approximate surface area is 267 Å². The molecule has 2 amide bonds. The molecule has 3 aromatic rings. The first kappa shape index (κ1) is 33.2. The third kappa shape index (κ3) is 8.93. The third-order valence-electron chi connectivity index (χ3n) is 7.59. The number of carbonyl (C=O) groups excluding carboxylic acids is 2. The molecule has 0 unspecified atom stereocenters. The first-order valence-electron chi connectivity index (χ1n) is 14.2. The zero-order valence-electron chi connectivity index (χ0n) is 24.2. The van der Waals surface area contributed by atoms with Crippen LogP contribution in [0.15, 0.2) is 72.8 Å². The average Bonchev–Trinajstić information content (AvgIpc) is 2.99. The number of benzene rings is 3. The van der Waals surface area contributed by atoms with Gasteiger partial charge in [-0.1, -0.05) is 84.9 Å². The zero-order chi connectivity index (χ0) is 31.9. The molecule has 4 rings (SSSR count). The van der Waals surface area contributed by atoms with Gasteiger partial charge >= 0.3 is 0 Å². The van der Waals surface area contributed by atoms with Crippen LogP contribution in [-0.2, 0) is 32.6 Å². The SMILES string of the molecule is CS(=O)(=O)N(CC(=O)N(Cc1ccc(Cl)cc1Cl)[C@@H](Cc1ccccc1)C(=O)NC1CCCCC1)c1cccc([N+](=O)[O-])c1. The summed E-state index contributed by atoms with van der Waals surface area (Å²) in [6.45, 7) is -0.815. The van der Waals surface area contributed by atoms with E-state index in [-0.39, 0.29) is 41.3 Å². The van der Waals surface area contributed by atoms with Gasteiger partial charge in [-0.2, -0.15) is 0 Å². The van der Waals surface area contributed by atoms with E-state index in [2.05, 4.69) is 5.32 Å². The topological polar surface area (TPSA) is 130 Å². The monoisotopic (exact) mass is 660 g/mol. The molecule has 10 nitrogen and oxygen atoms in total. The standard InChI is InChI=1S/C31H34Cl2N4O6S/c1-44(42,43)36(26-13-8-14-27(19-26)37(40)41)21-30(38)35(20-23-15-16-24(32)18-28(23)33)29(17-22-9-4-2-5-10-22)31(39)34-25-11-6-3-7-12-25/h2,4-5,8-10,13-16,18-19,25,29H,3,6-7,11-12,17,20-21H2,1H3,(H,34,39)/t29-/m0/s1. The Balaban J connectivity index is 1.76. The second-order valence-electron chi connectivity index (χ2n) is 10.9. The number of hydrogen-bond donors (Lipinski definition) is 1. The van der Waals surface area contributed by atoms with Crippen LogP contribution in [0.2, 0.25) is 10.0 Å². The second-order valence-corrected chi connectivity index (χ2v) is 13.6.